The standard InChI is InChI=1S/C10H12O3S/c1-7(12)13-9-3-8(6-11)4-10(5-9)14-2/h3-5,11H,6H2,1-2H3. The van der Waals surface area contributed by atoms with Crippen molar-refractivity contribution in [1.29, 1.82) is 0 Å². The molecule has 1 N–H and O–H groups in total. The lowest BCUT2D eigenvalue weighted by atomic mass is 10.2. The van der Waals surface area contributed by atoms with E-state index in [9.17, 15) is 4.79 Å². The Bertz CT molecular complexity index is 314. The fraction of sp³-hybridized carbons (Fsp3) is 0.300. The molecule has 1 rings (SSSR count). The van der Waals surface area contributed by atoms with Crippen molar-refractivity contribution in [3.63, 3.8) is 0 Å². The highest BCUT2D eigenvalue weighted by Crippen LogP contribution is 2.23. The van der Waals surface area contributed by atoms with Crippen molar-refractivity contribution in [1.82, 2.24) is 0 Å². The van der Waals surface area contributed by atoms with Crippen molar-refractivity contribution >= 4 is 17.7 Å². The summed E-state index contributed by atoms with van der Waals surface area (Å²) in [4.78, 5) is 11.7. The zero-order chi connectivity index (χ0) is 10.6. The number of benzene rings is 1. The van der Waals surface area contributed by atoms with Crippen LogP contribution in [0.4, 0.5) is 0 Å². The minimum absolute atomic E-state index is 0.0529. The molecule has 1 aromatic carbocycles. The monoisotopic (exact) mass is 212 g/mol. The average molecular weight is 212 g/mol. The molecule has 0 aromatic heterocycles. The number of carbonyl (C=O) groups excluding carboxylic acids is 1. The summed E-state index contributed by atoms with van der Waals surface area (Å²) in [5, 5.41) is 8.97. The van der Waals surface area contributed by atoms with Crippen molar-refractivity contribution in [2.45, 2.75) is 18.4 Å². The van der Waals surface area contributed by atoms with E-state index in [0.29, 0.717) is 5.75 Å². The summed E-state index contributed by atoms with van der Waals surface area (Å²) >= 11 is 1.54. The maximum absolute atomic E-state index is 10.7. The van der Waals surface area contributed by atoms with E-state index in [1.165, 1.54) is 18.7 Å². The highest BCUT2D eigenvalue weighted by atomic mass is 32.2. The molecule has 0 radical (unpaired) electrons. The number of aliphatic hydroxyl groups excluding tert-OH is 1. The van der Waals surface area contributed by atoms with Gasteiger partial charge < -0.3 is 9.84 Å². The van der Waals surface area contributed by atoms with E-state index in [2.05, 4.69) is 0 Å². The Morgan fingerprint density at radius 2 is 2.21 bits per heavy atom. The second-order valence-corrected chi connectivity index (χ2v) is 3.65. The SMILES string of the molecule is CSc1cc(CO)cc(OC(C)=O)c1. The molecule has 0 amide bonds. The predicted molar refractivity (Wildman–Crippen MR) is 55.5 cm³/mol. The van der Waals surface area contributed by atoms with Gasteiger partial charge in [-0.3, -0.25) is 4.79 Å². The summed E-state index contributed by atoms with van der Waals surface area (Å²) < 4.78 is 4.94. The molecule has 0 aliphatic carbocycles. The van der Waals surface area contributed by atoms with Crippen LogP contribution in [0.3, 0.4) is 0 Å². The van der Waals surface area contributed by atoms with Gasteiger partial charge in [0, 0.05) is 11.8 Å². The van der Waals surface area contributed by atoms with Crippen LogP contribution < -0.4 is 4.74 Å². The molecule has 76 valence electrons. The van der Waals surface area contributed by atoms with Crippen LogP contribution in [0.25, 0.3) is 0 Å². The lowest BCUT2D eigenvalue weighted by molar-refractivity contribution is -0.131. The summed E-state index contributed by atoms with van der Waals surface area (Å²) in [6.45, 7) is 1.30. The van der Waals surface area contributed by atoms with Gasteiger partial charge in [0.1, 0.15) is 5.75 Å². The van der Waals surface area contributed by atoms with Crippen LogP contribution in [-0.4, -0.2) is 17.3 Å². The summed E-state index contributed by atoms with van der Waals surface area (Å²) in [5.74, 6) is 0.126. The maximum atomic E-state index is 10.7. The van der Waals surface area contributed by atoms with Gasteiger partial charge in [-0.05, 0) is 30.0 Å². The molecule has 0 bridgehead atoms. The van der Waals surface area contributed by atoms with Crippen molar-refractivity contribution in [2.75, 3.05) is 6.26 Å². The lowest BCUT2D eigenvalue weighted by Gasteiger charge is -2.06. The quantitative estimate of drug-likeness (QED) is 0.471. The van der Waals surface area contributed by atoms with Crippen LogP contribution in [0, 0.1) is 0 Å². The van der Waals surface area contributed by atoms with Gasteiger partial charge in [-0.15, -0.1) is 11.8 Å². The highest BCUT2D eigenvalue weighted by Gasteiger charge is 2.02. The Morgan fingerprint density at radius 3 is 2.71 bits per heavy atom. The van der Waals surface area contributed by atoms with Gasteiger partial charge in [0.15, 0.2) is 0 Å². The molecule has 0 aliphatic rings. The van der Waals surface area contributed by atoms with Gasteiger partial charge in [-0.25, -0.2) is 0 Å². The molecular formula is C10H12O3S. The van der Waals surface area contributed by atoms with E-state index >= 15 is 0 Å². The highest BCUT2D eigenvalue weighted by molar-refractivity contribution is 7.98. The largest absolute Gasteiger partial charge is 0.427 e. The minimum Gasteiger partial charge on any atom is -0.427 e. The third-order valence-corrected chi connectivity index (χ3v) is 2.33. The molecule has 4 heteroatoms. The molecule has 0 unspecified atom stereocenters. The summed E-state index contributed by atoms with van der Waals surface area (Å²) in [6, 6.07) is 5.28. The van der Waals surface area contributed by atoms with Gasteiger partial charge in [0.05, 0.1) is 6.61 Å². The summed E-state index contributed by atoms with van der Waals surface area (Å²) in [6.07, 6.45) is 1.92. The van der Waals surface area contributed by atoms with Crippen LogP contribution >= 0.6 is 11.8 Å². The number of aliphatic hydroxyl groups is 1. The van der Waals surface area contributed by atoms with Gasteiger partial charge in [0.2, 0.25) is 0 Å². The first-order chi connectivity index (χ1) is 6.65. The molecule has 14 heavy (non-hydrogen) atoms. The van der Waals surface area contributed by atoms with Gasteiger partial charge >= 0.3 is 5.97 Å². The Morgan fingerprint density at radius 1 is 1.50 bits per heavy atom. The first-order valence-corrected chi connectivity index (χ1v) is 5.35. The van der Waals surface area contributed by atoms with Gasteiger partial charge in [0.25, 0.3) is 0 Å². The average Bonchev–Trinajstić information content (AvgIpc) is 2.16. The maximum Gasteiger partial charge on any atom is 0.308 e. The third-order valence-electron chi connectivity index (χ3n) is 1.62. The second kappa shape index (κ2) is 5.02. The van der Waals surface area contributed by atoms with E-state index in [-0.39, 0.29) is 12.6 Å². The first-order valence-electron chi connectivity index (χ1n) is 4.13. The van der Waals surface area contributed by atoms with Crippen LogP contribution in [-0.2, 0) is 11.4 Å². The van der Waals surface area contributed by atoms with E-state index in [0.717, 1.165) is 10.5 Å². The van der Waals surface area contributed by atoms with Gasteiger partial charge in [-0.2, -0.15) is 0 Å². The molecule has 0 aliphatic heterocycles. The molecule has 0 atom stereocenters. The normalized spacial score (nSPS) is 9.93. The number of hydrogen-bond donors (Lipinski definition) is 1. The fourth-order valence-corrected chi connectivity index (χ4v) is 1.57. The number of rotatable bonds is 3. The zero-order valence-corrected chi connectivity index (χ0v) is 8.93. The molecular weight excluding hydrogens is 200 g/mol. The Labute approximate surface area is 87.1 Å². The van der Waals surface area contributed by atoms with Crippen LogP contribution in [0.15, 0.2) is 23.1 Å². The summed E-state index contributed by atoms with van der Waals surface area (Å²) in [7, 11) is 0. The Balaban J connectivity index is 2.98. The van der Waals surface area contributed by atoms with E-state index < -0.39 is 0 Å². The molecule has 0 saturated heterocycles. The molecule has 0 fully saturated rings. The van der Waals surface area contributed by atoms with Crippen molar-refractivity contribution in [3.05, 3.63) is 23.8 Å². The van der Waals surface area contributed by atoms with Crippen LogP contribution in [0.2, 0.25) is 0 Å². The van der Waals surface area contributed by atoms with Crippen molar-refractivity contribution in [2.24, 2.45) is 0 Å². The smallest absolute Gasteiger partial charge is 0.308 e. The molecule has 0 saturated carbocycles. The third kappa shape index (κ3) is 3.05. The number of carbonyl (C=O) groups is 1. The lowest BCUT2D eigenvalue weighted by Crippen LogP contribution is -2.02. The minimum atomic E-state index is -0.354. The summed E-state index contributed by atoms with van der Waals surface area (Å²) in [5.41, 5.74) is 0.744. The van der Waals surface area contributed by atoms with Crippen LogP contribution in [0.1, 0.15) is 12.5 Å². The number of ether oxygens (including phenoxy) is 1. The number of hydrogen-bond acceptors (Lipinski definition) is 4. The van der Waals surface area contributed by atoms with Crippen LogP contribution in [0.5, 0.6) is 5.75 Å². The Hall–Kier alpha value is -1.00. The van der Waals surface area contributed by atoms with Crippen molar-refractivity contribution in [3.8, 4) is 5.75 Å². The molecule has 1 aromatic rings. The molecule has 0 spiro atoms. The number of esters is 1. The number of thioether (sulfide) groups is 1. The van der Waals surface area contributed by atoms with E-state index in [1.54, 1.807) is 12.1 Å². The predicted octanol–water partition coefficient (Wildman–Crippen LogP) is 1.83. The van der Waals surface area contributed by atoms with Crippen molar-refractivity contribution < 1.29 is 14.6 Å². The molecule has 3 nitrogen and oxygen atoms in total. The molecule has 0 heterocycles. The van der Waals surface area contributed by atoms with E-state index in [1.807, 2.05) is 12.3 Å². The van der Waals surface area contributed by atoms with E-state index in [4.69, 9.17) is 9.84 Å². The zero-order valence-electron chi connectivity index (χ0n) is 8.11. The fourth-order valence-electron chi connectivity index (χ4n) is 1.06. The topological polar surface area (TPSA) is 46.5 Å². The van der Waals surface area contributed by atoms with Gasteiger partial charge in [-0.1, -0.05) is 0 Å². The first kappa shape index (κ1) is 11.1. The second-order valence-electron chi connectivity index (χ2n) is 2.77. The Kier molecular flexibility index (Phi) is 3.98.